The number of aliphatic hydroxyl groups excluding tert-OH is 1. The van der Waals surface area contributed by atoms with Crippen LogP contribution in [0.15, 0.2) is 0 Å². The van der Waals surface area contributed by atoms with Gasteiger partial charge in [-0.15, -0.1) is 0 Å². The molecule has 2 fully saturated rings. The second-order valence-electron chi connectivity index (χ2n) is 7.28. The summed E-state index contributed by atoms with van der Waals surface area (Å²) in [6, 6.07) is 0.755. The van der Waals surface area contributed by atoms with E-state index >= 15 is 0 Å². The summed E-state index contributed by atoms with van der Waals surface area (Å²) in [5, 5.41) is 9.92. The van der Waals surface area contributed by atoms with Gasteiger partial charge in [-0.25, -0.2) is 0 Å². The third-order valence-corrected chi connectivity index (χ3v) is 5.24. The van der Waals surface area contributed by atoms with Crippen molar-refractivity contribution in [3.63, 3.8) is 0 Å². The first-order valence-electron chi connectivity index (χ1n) is 7.91. The standard InChI is InChI=1S/C16H31NO/c1-13(2)15-7-5-9-17(15)11-16(12-18)8-4-6-14(3)10-16/h13-15,18H,4-12H2,1-3H3. The van der Waals surface area contributed by atoms with Gasteiger partial charge in [-0.1, -0.05) is 33.6 Å². The number of hydrogen-bond acceptors (Lipinski definition) is 2. The molecule has 0 aromatic carbocycles. The Balaban J connectivity index is 2.01. The van der Waals surface area contributed by atoms with Gasteiger partial charge in [-0.2, -0.15) is 0 Å². The van der Waals surface area contributed by atoms with Crippen molar-refractivity contribution in [3.8, 4) is 0 Å². The Morgan fingerprint density at radius 1 is 1.28 bits per heavy atom. The van der Waals surface area contributed by atoms with Gasteiger partial charge in [-0.05, 0) is 44.1 Å². The van der Waals surface area contributed by atoms with E-state index in [0.717, 1.165) is 24.4 Å². The summed E-state index contributed by atoms with van der Waals surface area (Å²) in [6.45, 7) is 9.82. The molecule has 1 saturated carbocycles. The zero-order valence-electron chi connectivity index (χ0n) is 12.5. The fourth-order valence-corrected chi connectivity index (χ4v) is 4.34. The molecule has 0 amide bonds. The largest absolute Gasteiger partial charge is 0.396 e. The minimum Gasteiger partial charge on any atom is -0.396 e. The fourth-order valence-electron chi connectivity index (χ4n) is 4.34. The number of rotatable bonds is 4. The van der Waals surface area contributed by atoms with Crippen molar-refractivity contribution in [2.24, 2.45) is 17.3 Å². The molecule has 0 radical (unpaired) electrons. The molecule has 2 rings (SSSR count). The highest BCUT2D eigenvalue weighted by Gasteiger charge is 2.39. The van der Waals surface area contributed by atoms with Crippen molar-refractivity contribution in [2.75, 3.05) is 19.7 Å². The Labute approximate surface area is 113 Å². The van der Waals surface area contributed by atoms with E-state index in [2.05, 4.69) is 25.7 Å². The van der Waals surface area contributed by atoms with Gasteiger partial charge in [0, 0.05) is 24.6 Å². The third-order valence-electron chi connectivity index (χ3n) is 5.24. The lowest BCUT2D eigenvalue weighted by Crippen LogP contribution is -2.46. The van der Waals surface area contributed by atoms with Gasteiger partial charge in [0.05, 0.1) is 0 Å². The minimum absolute atomic E-state index is 0.204. The van der Waals surface area contributed by atoms with Crippen molar-refractivity contribution >= 4 is 0 Å². The Morgan fingerprint density at radius 3 is 2.67 bits per heavy atom. The molecule has 0 aromatic heterocycles. The van der Waals surface area contributed by atoms with Crippen LogP contribution in [-0.2, 0) is 0 Å². The van der Waals surface area contributed by atoms with Gasteiger partial charge >= 0.3 is 0 Å². The van der Waals surface area contributed by atoms with E-state index in [0.29, 0.717) is 6.61 Å². The Hall–Kier alpha value is -0.0800. The summed E-state index contributed by atoms with van der Waals surface area (Å²) in [4.78, 5) is 2.68. The molecular weight excluding hydrogens is 222 g/mol. The van der Waals surface area contributed by atoms with E-state index < -0.39 is 0 Å². The number of likely N-dealkylation sites (tertiary alicyclic amines) is 1. The molecule has 2 nitrogen and oxygen atoms in total. The predicted molar refractivity (Wildman–Crippen MR) is 76.6 cm³/mol. The van der Waals surface area contributed by atoms with E-state index in [1.807, 2.05) is 0 Å². The first kappa shape index (κ1) is 14.3. The summed E-state index contributed by atoms with van der Waals surface area (Å²) >= 11 is 0. The summed E-state index contributed by atoms with van der Waals surface area (Å²) in [5.41, 5.74) is 0.204. The van der Waals surface area contributed by atoms with Crippen LogP contribution in [0.5, 0.6) is 0 Å². The molecule has 1 N–H and O–H groups in total. The van der Waals surface area contributed by atoms with Crippen molar-refractivity contribution in [2.45, 2.75) is 65.3 Å². The molecule has 1 saturated heterocycles. The maximum absolute atomic E-state index is 9.92. The number of nitrogens with zero attached hydrogens (tertiary/aromatic N) is 1. The smallest absolute Gasteiger partial charge is 0.0499 e. The second-order valence-corrected chi connectivity index (χ2v) is 7.28. The molecule has 1 aliphatic heterocycles. The second kappa shape index (κ2) is 5.92. The first-order valence-corrected chi connectivity index (χ1v) is 7.91. The molecule has 2 heteroatoms. The summed E-state index contributed by atoms with van der Waals surface area (Å²) in [5.74, 6) is 1.55. The van der Waals surface area contributed by atoms with Gasteiger partial charge in [0.2, 0.25) is 0 Å². The molecule has 2 aliphatic rings. The van der Waals surface area contributed by atoms with E-state index in [1.54, 1.807) is 0 Å². The molecule has 106 valence electrons. The van der Waals surface area contributed by atoms with Crippen molar-refractivity contribution in [1.82, 2.24) is 4.90 Å². The lowest BCUT2D eigenvalue weighted by molar-refractivity contribution is 0.0150. The van der Waals surface area contributed by atoms with E-state index in [9.17, 15) is 5.11 Å². The lowest BCUT2D eigenvalue weighted by atomic mass is 9.70. The lowest BCUT2D eigenvalue weighted by Gasteiger charge is -2.43. The zero-order valence-corrected chi connectivity index (χ0v) is 12.5. The maximum Gasteiger partial charge on any atom is 0.0499 e. The highest BCUT2D eigenvalue weighted by atomic mass is 16.3. The molecule has 0 spiro atoms. The number of hydrogen-bond donors (Lipinski definition) is 1. The van der Waals surface area contributed by atoms with Crippen LogP contribution >= 0.6 is 0 Å². The van der Waals surface area contributed by atoms with Crippen molar-refractivity contribution < 1.29 is 5.11 Å². The molecule has 3 unspecified atom stereocenters. The zero-order chi connectivity index (χ0) is 13.2. The summed E-state index contributed by atoms with van der Waals surface area (Å²) in [6.07, 6.45) is 7.83. The van der Waals surface area contributed by atoms with Gasteiger partial charge < -0.3 is 5.11 Å². The van der Waals surface area contributed by atoms with Gasteiger partial charge in [-0.3, -0.25) is 4.90 Å². The van der Waals surface area contributed by atoms with Gasteiger partial charge in [0.1, 0.15) is 0 Å². The van der Waals surface area contributed by atoms with E-state index in [1.165, 1.54) is 45.1 Å². The monoisotopic (exact) mass is 253 g/mol. The average Bonchev–Trinajstić information content (AvgIpc) is 2.77. The van der Waals surface area contributed by atoms with Crippen LogP contribution in [0.3, 0.4) is 0 Å². The Bertz CT molecular complexity index is 266. The summed E-state index contributed by atoms with van der Waals surface area (Å²) < 4.78 is 0. The molecule has 18 heavy (non-hydrogen) atoms. The van der Waals surface area contributed by atoms with Crippen LogP contribution in [0.25, 0.3) is 0 Å². The molecule has 1 heterocycles. The van der Waals surface area contributed by atoms with Crippen LogP contribution in [0.1, 0.15) is 59.3 Å². The average molecular weight is 253 g/mol. The van der Waals surface area contributed by atoms with Crippen molar-refractivity contribution in [1.29, 1.82) is 0 Å². The predicted octanol–water partition coefficient (Wildman–Crippen LogP) is 3.30. The molecule has 0 aromatic rings. The minimum atomic E-state index is 0.204. The quantitative estimate of drug-likeness (QED) is 0.831. The summed E-state index contributed by atoms with van der Waals surface area (Å²) in [7, 11) is 0. The molecule has 0 bridgehead atoms. The van der Waals surface area contributed by atoms with Crippen LogP contribution in [0.2, 0.25) is 0 Å². The normalized spacial score (nSPS) is 38.5. The highest BCUT2D eigenvalue weighted by molar-refractivity contribution is 4.91. The third kappa shape index (κ3) is 3.08. The Kier molecular flexibility index (Phi) is 4.71. The fraction of sp³-hybridized carbons (Fsp3) is 1.00. The maximum atomic E-state index is 9.92. The molecular formula is C16H31NO. The Morgan fingerprint density at radius 2 is 2.06 bits per heavy atom. The van der Waals surface area contributed by atoms with Crippen LogP contribution < -0.4 is 0 Å². The van der Waals surface area contributed by atoms with Gasteiger partial charge in [0.25, 0.3) is 0 Å². The topological polar surface area (TPSA) is 23.5 Å². The highest BCUT2D eigenvalue weighted by Crippen LogP contribution is 2.41. The van der Waals surface area contributed by atoms with Crippen LogP contribution in [0, 0.1) is 17.3 Å². The van der Waals surface area contributed by atoms with E-state index in [4.69, 9.17) is 0 Å². The SMILES string of the molecule is CC1CCCC(CO)(CN2CCCC2C(C)C)C1. The van der Waals surface area contributed by atoms with Crippen molar-refractivity contribution in [3.05, 3.63) is 0 Å². The van der Waals surface area contributed by atoms with Crippen LogP contribution in [0.4, 0.5) is 0 Å². The molecule has 1 aliphatic carbocycles. The first-order chi connectivity index (χ1) is 8.56. The van der Waals surface area contributed by atoms with Crippen LogP contribution in [-0.4, -0.2) is 35.7 Å². The molecule has 3 atom stereocenters. The van der Waals surface area contributed by atoms with Gasteiger partial charge in [0.15, 0.2) is 0 Å². The number of aliphatic hydroxyl groups is 1. The van der Waals surface area contributed by atoms with E-state index in [-0.39, 0.29) is 5.41 Å².